The van der Waals surface area contributed by atoms with Gasteiger partial charge in [0.1, 0.15) is 0 Å². The van der Waals surface area contributed by atoms with E-state index < -0.39 is 0 Å². The second-order valence-corrected chi connectivity index (χ2v) is 4.87. The average Bonchev–Trinajstić information content (AvgIpc) is 2.68. The predicted octanol–water partition coefficient (Wildman–Crippen LogP) is 0.722. The third kappa shape index (κ3) is 2.27. The van der Waals surface area contributed by atoms with Gasteiger partial charge in [0.2, 0.25) is 0 Å². The molecule has 0 aromatic heterocycles. The number of likely N-dealkylation sites (N-methyl/N-ethyl adjacent to an activating group) is 1. The molecule has 0 bridgehead atoms. The Kier molecular flexibility index (Phi) is 3.42. The molecule has 0 amide bonds. The van der Waals surface area contributed by atoms with Gasteiger partial charge in [-0.25, -0.2) is 0 Å². The Balaban J connectivity index is 1.82. The van der Waals surface area contributed by atoms with Gasteiger partial charge in [-0.2, -0.15) is 0 Å². The Morgan fingerprint density at radius 3 is 2.64 bits per heavy atom. The van der Waals surface area contributed by atoms with Gasteiger partial charge in [-0.05, 0) is 46.3 Å². The molecule has 3 heteroatoms. The molecule has 82 valence electrons. The van der Waals surface area contributed by atoms with E-state index in [1.54, 1.807) is 0 Å². The molecule has 0 spiro atoms. The summed E-state index contributed by atoms with van der Waals surface area (Å²) in [6.07, 6.45) is 6.13. The van der Waals surface area contributed by atoms with Crippen LogP contribution in [0.15, 0.2) is 0 Å². The number of nitrogens with one attached hydrogen (secondary N) is 1. The summed E-state index contributed by atoms with van der Waals surface area (Å²) in [5, 5.41) is 3.63. The minimum atomic E-state index is 0.675. The predicted molar refractivity (Wildman–Crippen MR) is 59.3 cm³/mol. The summed E-state index contributed by atoms with van der Waals surface area (Å²) in [5.41, 5.74) is 0. The second-order valence-electron chi connectivity index (χ2n) is 4.87. The van der Waals surface area contributed by atoms with Crippen LogP contribution in [0.3, 0.4) is 0 Å². The first-order valence-corrected chi connectivity index (χ1v) is 5.91. The first-order valence-electron chi connectivity index (χ1n) is 5.91. The van der Waals surface area contributed by atoms with Crippen molar-refractivity contribution in [3.05, 3.63) is 0 Å². The molecule has 0 radical (unpaired) electrons. The van der Waals surface area contributed by atoms with Gasteiger partial charge in [0.25, 0.3) is 0 Å². The molecule has 2 heterocycles. The van der Waals surface area contributed by atoms with Crippen molar-refractivity contribution >= 4 is 0 Å². The monoisotopic (exact) mass is 197 g/mol. The standard InChI is InChI=1S/C11H23N3/c1-13(2)10-6-8-14(9-10)11-5-3-4-7-12-11/h10-12H,3-9H2,1-2H3. The highest BCUT2D eigenvalue weighted by atomic mass is 15.3. The molecule has 14 heavy (non-hydrogen) atoms. The summed E-state index contributed by atoms with van der Waals surface area (Å²) >= 11 is 0. The molecular formula is C11H23N3. The third-order valence-corrected chi connectivity index (χ3v) is 3.65. The number of likely N-dealkylation sites (tertiary alicyclic amines) is 1. The van der Waals surface area contributed by atoms with Crippen LogP contribution in [0.1, 0.15) is 25.7 Å². The molecular weight excluding hydrogens is 174 g/mol. The Bertz CT molecular complexity index is 175. The van der Waals surface area contributed by atoms with Gasteiger partial charge in [-0.1, -0.05) is 0 Å². The molecule has 0 aromatic carbocycles. The molecule has 2 aliphatic rings. The van der Waals surface area contributed by atoms with Crippen LogP contribution in [0.2, 0.25) is 0 Å². The highest BCUT2D eigenvalue weighted by Crippen LogP contribution is 2.19. The summed E-state index contributed by atoms with van der Waals surface area (Å²) < 4.78 is 0. The van der Waals surface area contributed by atoms with Crippen LogP contribution in [0.5, 0.6) is 0 Å². The lowest BCUT2D eigenvalue weighted by molar-refractivity contribution is 0.157. The van der Waals surface area contributed by atoms with Crippen molar-refractivity contribution in [1.82, 2.24) is 15.1 Å². The minimum Gasteiger partial charge on any atom is -0.305 e. The lowest BCUT2D eigenvalue weighted by atomic mass is 10.1. The first kappa shape index (κ1) is 10.4. The van der Waals surface area contributed by atoms with Crippen LogP contribution in [0.25, 0.3) is 0 Å². The molecule has 0 aliphatic carbocycles. The van der Waals surface area contributed by atoms with E-state index in [2.05, 4.69) is 29.2 Å². The molecule has 2 saturated heterocycles. The Morgan fingerprint density at radius 2 is 2.07 bits per heavy atom. The maximum Gasteiger partial charge on any atom is 0.0597 e. The van der Waals surface area contributed by atoms with E-state index in [1.165, 1.54) is 45.3 Å². The fourth-order valence-electron chi connectivity index (χ4n) is 2.62. The fraction of sp³-hybridized carbons (Fsp3) is 1.00. The lowest BCUT2D eigenvalue weighted by Gasteiger charge is -2.32. The van der Waals surface area contributed by atoms with Crippen molar-refractivity contribution < 1.29 is 0 Å². The molecule has 2 unspecified atom stereocenters. The Hall–Kier alpha value is -0.120. The molecule has 3 nitrogen and oxygen atoms in total. The summed E-state index contributed by atoms with van der Waals surface area (Å²) in [5.74, 6) is 0. The first-order chi connectivity index (χ1) is 6.77. The summed E-state index contributed by atoms with van der Waals surface area (Å²) in [6.45, 7) is 3.75. The number of hydrogen-bond acceptors (Lipinski definition) is 3. The van der Waals surface area contributed by atoms with Crippen LogP contribution < -0.4 is 5.32 Å². The van der Waals surface area contributed by atoms with E-state index in [4.69, 9.17) is 0 Å². The van der Waals surface area contributed by atoms with Gasteiger partial charge < -0.3 is 10.2 Å². The van der Waals surface area contributed by atoms with Crippen molar-refractivity contribution in [2.75, 3.05) is 33.7 Å². The smallest absolute Gasteiger partial charge is 0.0597 e. The summed E-state index contributed by atoms with van der Waals surface area (Å²) in [7, 11) is 4.39. The van der Waals surface area contributed by atoms with E-state index in [0.717, 1.165) is 6.04 Å². The maximum absolute atomic E-state index is 3.63. The third-order valence-electron chi connectivity index (χ3n) is 3.65. The quantitative estimate of drug-likeness (QED) is 0.704. The van der Waals surface area contributed by atoms with E-state index in [0.29, 0.717) is 6.17 Å². The van der Waals surface area contributed by atoms with Gasteiger partial charge in [0, 0.05) is 19.1 Å². The van der Waals surface area contributed by atoms with Gasteiger partial charge in [0.05, 0.1) is 6.17 Å². The number of hydrogen-bond donors (Lipinski definition) is 1. The molecule has 2 fully saturated rings. The summed E-state index contributed by atoms with van der Waals surface area (Å²) in [4.78, 5) is 4.99. The topological polar surface area (TPSA) is 18.5 Å². The largest absolute Gasteiger partial charge is 0.305 e. The van der Waals surface area contributed by atoms with Crippen LogP contribution in [-0.4, -0.2) is 55.7 Å². The highest BCUT2D eigenvalue weighted by Gasteiger charge is 2.29. The van der Waals surface area contributed by atoms with Crippen LogP contribution in [0.4, 0.5) is 0 Å². The molecule has 0 aromatic rings. The Morgan fingerprint density at radius 1 is 1.21 bits per heavy atom. The van der Waals surface area contributed by atoms with Crippen molar-refractivity contribution in [2.24, 2.45) is 0 Å². The maximum atomic E-state index is 3.63. The number of piperidine rings is 1. The van der Waals surface area contributed by atoms with E-state index >= 15 is 0 Å². The van der Waals surface area contributed by atoms with Crippen LogP contribution >= 0.6 is 0 Å². The van der Waals surface area contributed by atoms with E-state index in [9.17, 15) is 0 Å². The van der Waals surface area contributed by atoms with Gasteiger partial charge >= 0.3 is 0 Å². The van der Waals surface area contributed by atoms with Gasteiger partial charge in [0.15, 0.2) is 0 Å². The van der Waals surface area contributed by atoms with E-state index in [-0.39, 0.29) is 0 Å². The van der Waals surface area contributed by atoms with Crippen molar-refractivity contribution in [3.8, 4) is 0 Å². The average molecular weight is 197 g/mol. The Labute approximate surface area is 87.4 Å². The zero-order chi connectivity index (χ0) is 9.97. The van der Waals surface area contributed by atoms with Gasteiger partial charge in [-0.15, -0.1) is 0 Å². The fourth-order valence-corrected chi connectivity index (χ4v) is 2.62. The summed E-state index contributed by atoms with van der Waals surface area (Å²) in [6, 6.07) is 0.777. The normalized spacial score (nSPS) is 35.4. The van der Waals surface area contributed by atoms with Crippen LogP contribution in [-0.2, 0) is 0 Å². The second kappa shape index (κ2) is 4.60. The van der Waals surface area contributed by atoms with Crippen molar-refractivity contribution in [1.29, 1.82) is 0 Å². The lowest BCUT2D eigenvalue weighted by Crippen LogP contribution is -2.48. The molecule has 1 N–H and O–H groups in total. The van der Waals surface area contributed by atoms with Crippen LogP contribution in [0, 0.1) is 0 Å². The molecule has 2 atom stereocenters. The van der Waals surface area contributed by atoms with Crippen molar-refractivity contribution in [3.63, 3.8) is 0 Å². The molecule has 2 rings (SSSR count). The zero-order valence-electron chi connectivity index (χ0n) is 9.50. The highest BCUT2D eigenvalue weighted by molar-refractivity contribution is 4.85. The molecule has 0 saturated carbocycles. The molecule has 2 aliphatic heterocycles. The number of rotatable bonds is 2. The van der Waals surface area contributed by atoms with Crippen molar-refractivity contribution in [2.45, 2.75) is 37.9 Å². The minimum absolute atomic E-state index is 0.675. The zero-order valence-corrected chi connectivity index (χ0v) is 9.50. The van der Waals surface area contributed by atoms with E-state index in [1.807, 2.05) is 0 Å². The number of nitrogens with zero attached hydrogens (tertiary/aromatic N) is 2. The SMILES string of the molecule is CN(C)C1CCN(C2CCCCN2)C1. The van der Waals surface area contributed by atoms with Gasteiger partial charge in [-0.3, -0.25) is 4.90 Å².